The number of hydrogen-bond acceptors (Lipinski definition) is 4. The molecule has 2 heterocycles. The Kier molecular flexibility index (Phi) is 7.41. The highest BCUT2D eigenvalue weighted by Crippen LogP contribution is 2.19. The van der Waals surface area contributed by atoms with Crippen LogP contribution in [0.25, 0.3) is 0 Å². The van der Waals surface area contributed by atoms with Gasteiger partial charge in [0.25, 0.3) is 5.91 Å². The maximum atomic E-state index is 12.4. The fraction of sp³-hybridized carbons (Fsp3) is 0.600. The molecule has 1 fully saturated rings. The summed E-state index contributed by atoms with van der Waals surface area (Å²) < 4.78 is 5.20. The topological polar surface area (TPSA) is 88.6 Å². The molecule has 1 saturated heterocycles. The number of nitrogens with zero attached hydrogens (tertiary/aromatic N) is 1. The minimum Gasteiger partial charge on any atom is -0.467 e. The second-order valence-corrected chi connectivity index (χ2v) is 5.39. The van der Waals surface area contributed by atoms with Crippen molar-refractivity contribution < 1.29 is 14.0 Å². The molecular weight excluding hydrogens is 306 g/mol. The van der Waals surface area contributed by atoms with Gasteiger partial charge in [-0.05, 0) is 25.3 Å². The zero-order valence-electron chi connectivity index (χ0n) is 12.8. The molecule has 0 bridgehead atoms. The van der Waals surface area contributed by atoms with Crippen LogP contribution in [0, 0.1) is 5.92 Å². The van der Waals surface area contributed by atoms with Crippen molar-refractivity contribution in [2.24, 2.45) is 11.7 Å². The molecule has 0 aliphatic carbocycles. The average molecular weight is 330 g/mol. The fourth-order valence-corrected chi connectivity index (χ4v) is 2.55. The molecule has 1 aromatic rings. The Morgan fingerprint density at radius 1 is 1.50 bits per heavy atom. The molecule has 6 nitrogen and oxygen atoms in total. The summed E-state index contributed by atoms with van der Waals surface area (Å²) >= 11 is 0. The highest BCUT2D eigenvalue weighted by molar-refractivity contribution is 5.94. The molecule has 3 N–H and O–H groups in total. The van der Waals surface area contributed by atoms with Crippen LogP contribution < -0.4 is 11.1 Å². The van der Waals surface area contributed by atoms with E-state index in [1.807, 2.05) is 6.92 Å². The van der Waals surface area contributed by atoms with Crippen molar-refractivity contribution in [3.05, 3.63) is 23.7 Å². The minimum absolute atomic E-state index is 0. The van der Waals surface area contributed by atoms with Gasteiger partial charge in [-0.25, -0.2) is 0 Å². The van der Waals surface area contributed by atoms with Gasteiger partial charge >= 0.3 is 0 Å². The first-order chi connectivity index (χ1) is 10.2. The van der Waals surface area contributed by atoms with E-state index in [4.69, 9.17) is 10.2 Å². The molecule has 2 amide bonds. The summed E-state index contributed by atoms with van der Waals surface area (Å²) in [5.41, 5.74) is 5.98. The van der Waals surface area contributed by atoms with Gasteiger partial charge in [0.2, 0.25) is 5.91 Å². The van der Waals surface area contributed by atoms with Gasteiger partial charge in [0.05, 0.1) is 18.0 Å². The average Bonchev–Trinajstić information content (AvgIpc) is 3.01. The Morgan fingerprint density at radius 2 is 2.27 bits per heavy atom. The highest BCUT2D eigenvalue weighted by atomic mass is 35.5. The van der Waals surface area contributed by atoms with E-state index in [1.54, 1.807) is 11.0 Å². The van der Waals surface area contributed by atoms with Crippen molar-refractivity contribution in [2.45, 2.75) is 32.7 Å². The third-order valence-corrected chi connectivity index (χ3v) is 3.73. The Labute approximate surface area is 136 Å². The van der Waals surface area contributed by atoms with Crippen LogP contribution in [0.3, 0.4) is 0 Å². The van der Waals surface area contributed by atoms with E-state index in [1.165, 1.54) is 6.26 Å². The number of amides is 2. The largest absolute Gasteiger partial charge is 0.467 e. The minimum atomic E-state index is -0.116. The fourth-order valence-electron chi connectivity index (χ4n) is 2.55. The number of furan rings is 1. The predicted octanol–water partition coefficient (Wildman–Crippen LogP) is 1.54. The number of piperidine rings is 1. The second kappa shape index (κ2) is 8.80. The van der Waals surface area contributed by atoms with Gasteiger partial charge in [-0.1, -0.05) is 6.92 Å². The van der Waals surface area contributed by atoms with Crippen LogP contribution >= 0.6 is 12.4 Å². The van der Waals surface area contributed by atoms with E-state index in [2.05, 4.69) is 5.32 Å². The standard InChI is InChI=1S/C15H23N3O3.ClH/c1-2-5-17-14(19)11-4-3-6-18(9-11)15(20)12-7-13(8-16)21-10-12;/h7,10-11H,2-6,8-9,16H2,1H3,(H,17,19);1H. The van der Waals surface area contributed by atoms with Crippen molar-refractivity contribution in [2.75, 3.05) is 19.6 Å². The van der Waals surface area contributed by atoms with Crippen LogP contribution in [0.2, 0.25) is 0 Å². The van der Waals surface area contributed by atoms with Crippen LogP contribution in [0.4, 0.5) is 0 Å². The molecule has 1 aliphatic heterocycles. The second-order valence-electron chi connectivity index (χ2n) is 5.39. The van der Waals surface area contributed by atoms with E-state index in [9.17, 15) is 9.59 Å². The quantitative estimate of drug-likeness (QED) is 0.857. The van der Waals surface area contributed by atoms with Gasteiger partial charge in [-0.2, -0.15) is 0 Å². The van der Waals surface area contributed by atoms with Crippen molar-refractivity contribution in [1.29, 1.82) is 0 Å². The lowest BCUT2D eigenvalue weighted by Gasteiger charge is -2.31. The van der Waals surface area contributed by atoms with Gasteiger partial charge in [-0.15, -0.1) is 12.4 Å². The van der Waals surface area contributed by atoms with Crippen molar-refractivity contribution >= 4 is 24.2 Å². The van der Waals surface area contributed by atoms with Crippen molar-refractivity contribution in [1.82, 2.24) is 10.2 Å². The Morgan fingerprint density at radius 3 is 2.91 bits per heavy atom. The third-order valence-electron chi connectivity index (χ3n) is 3.73. The maximum Gasteiger partial charge on any atom is 0.257 e. The van der Waals surface area contributed by atoms with Gasteiger partial charge in [-0.3, -0.25) is 9.59 Å². The van der Waals surface area contributed by atoms with E-state index in [-0.39, 0.29) is 36.7 Å². The molecule has 0 saturated carbocycles. The summed E-state index contributed by atoms with van der Waals surface area (Å²) in [6.45, 7) is 4.13. The highest BCUT2D eigenvalue weighted by Gasteiger charge is 2.29. The smallest absolute Gasteiger partial charge is 0.257 e. The molecule has 1 unspecified atom stereocenters. The molecule has 1 aromatic heterocycles. The van der Waals surface area contributed by atoms with Crippen LogP contribution in [0.5, 0.6) is 0 Å². The SMILES string of the molecule is CCCNC(=O)C1CCCN(C(=O)c2coc(CN)c2)C1.Cl. The molecular formula is C15H24ClN3O3. The lowest BCUT2D eigenvalue weighted by Crippen LogP contribution is -2.45. The van der Waals surface area contributed by atoms with E-state index >= 15 is 0 Å². The van der Waals surface area contributed by atoms with Crippen LogP contribution in [-0.2, 0) is 11.3 Å². The van der Waals surface area contributed by atoms with E-state index < -0.39 is 0 Å². The Hall–Kier alpha value is -1.53. The first-order valence-electron chi connectivity index (χ1n) is 7.50. The summed E-state index contributed by atoms with van der Waals surface area (Å²) in [6.07, 6.45) is 4.03. The number of rotatable bonds is 5. The van der Waals surface area contributed by atoms with E-state index in [0.717, 1.165) is 19.3 Å². The van der Waals surface area contributed by atoms with E-state index in [0.29, 0.717) is 31.0 Å². The third kappa shape index (κ3) is 4.48. The Bertz CT molecular complexity index is 504. The number of hydrogen-bond donors (Lipinski definition) is 2. The van der Waals surface area contributed by atoms with Crippen LogP contribution in [0.1, 0.15) is 42.3 Å². The monoisotopic (exact) mass is 329 g/mol. The lowest BCUT2D eigenvalue weighted by molar-refractivity contribution is -0.126. The van der Waals surface area contributed by atoms with Gasteiger partial charge in [0.1, 0.15) is 12.0 Å². The number of nitrogens with one attached hydrogen (secondary N) is 1. The normalized spacial score (nSPS) is 17.7. The predicted molar refractivity (Wildman–Crippen MR) is 85.8 cm³/mol. The molecule has 7 heteroatoms. The summed E-state index contributed by atoms with van der Waals surface area (Å²) in [5, 5.41) is 2.90. The van der Waals surface area contributed by atoms with Crippen LogP contribution in [-0.4, -0.2) is 36.3 Å². The first-order valence-corrected chi connectivity index (χ1v) is 7.50. The zero-order chi connectivity index (χ0) is 15.2. The van der Waals surface area contributed by atoms with Crippen molar-refractivity contribution in [3.8, 4) is 0 Å². The Balaban J connectivity index is 0.00000242. The number of nitrogens with two attached hydrogens (primary N) is 1. The van der Waals surface area contributed by atoms with Crippen molar-refractivity contribution in [3.63, 3.8) is 0 Å². The molecule has 124 valence electrons. The van der Waals surface area contributed by atoms with Gasteiger partial charge in [0.15, 0.2) is 0 Å². The maximum absolute atomic E-state index is 12.4. The summed E-state index contributed by atoms with van der Waals surface area (Å²) in [5.74, 6) is 0.429. The molecule has 22 heavy (non-hydrogen) atoms. The number of carbonyl (C=O) groups excluding carboxylic acids is 2. The summed E-state index contributed by atoms with van der Waals surface area (Å²) in [7, 11) is 0. The molecule has 2 rings (SSSR count). The van der Waals surface area contributed by atoms with Crippen LogP contribution in [0.15, 0.2) is 16.7 Å². The molecule has 0 aromatic carbocycles. The molecule has 0 spiro atoms. The zero-order valence-corrected chi connectivity index (χ0v) is 13.7. The lowest BCUT2D eigenvalue weighted by atomic mass is 9.96. The number of carbonyl (C=O) groups is 2. The summed E-state index contributed by atoms with van der Waals surface area (Å²) in [6, 6.07) is 1.67. The number of halogens is 1. The summed E-state index contributed by atoms with van der Waals surface area (Å²) in [4.78, 5) is 26.2. The molecule has 1 aliphatic rings. The molecule has 1 atom stereocenters. The molecule has 0 radical (unpaired) electrons. The first kappa shape index (κ1) is 18.5. The number of likely N-dealkylation sites (tertiary alicyclic amines) is 1. The van der Waals surface area contributed by atoms with Gasteiger partial charge < -0.3 is 20.4 Å². The van der Waals surface area contributed by atoms with Gasteiger partial charge in [0, 0.05) is 19.6 Å².